The van der Waals surface area contributed by atoms with E-state index in [9.17, 15) is 5.11 Å². The van der Waals surface area contributed by atoms with Crippen molar-refractivity contribution in [1.82, 2.24) is 19.9 Å². The summed E-state index contributed by atoms with van der Waals surface area (Å²) in [6.45, 7) is 11.0. The Kier molecular flexibility index (Phi) is 7.11. The molecule has 10 heteroatoms. The number of pyridine rings is 1. The number of halogens is 1. The number of nitrogens with zero attached hydrogens (tertiary/aromatic N) is 5. The summed E-state index contributed by atoms with van der Waals surface area (Å²) in [5.74, 6) is 1.90. The number of benzene rings is 1. The minimum absolute atomic E-state index is 0.0404. The van der Waals surface area contributed by atoms with Gasteiger partial charge in [-0.2, -0.15) is 0 Å². The molecule has 1 aromatic carbocycles. The fraction of sp³-hybridized carbons (Fsp3) is 0.444. The number of fused-ring (bicyclic) bond motifs is 1. The normalized spacial score (nSPS) is 19.6. The Morgan fingerprint density at radius 1 is 1.19 bits per heavy atom. The maximum absolute atomic E-state index is 9.92. The zero-order valence-electron chi connectivity index (χ0n) is 21.8. The number of aliphatic hydroxyl groups is 1. The molecule has 1 saturated heterocycles. The first-order valence-electron chi connectivity index (χ1n) is 12.6. The number of aliphatic hydroxyl groups excluding tert-OH is 1. The van der Waals surface area contributed by atoms with Gasteiger partial charge in [-0.15, -0.1) is 0 Å². The molecule has 2 aliphatic rings. The minimum atomic E-state index is -0.375. The molecule has 0 spiro atoms. The van der Waals surface area contributed by atoms with E-state index in [0.29, 0.717) is 35.0 Å². The van der Waals surface area contributed by atoms with Crippen LogP contribution in [0.3, 0.4) is 0 Å². The second kappa shape index (κ2) is 10.3. The molecule has 37 heavy (non-hydrogen) atoms. The van der Waals surface area contributed by atoms with Crippen LogP contribution < -0.4 is 20.3 Å². The first-order valence-corrected chi connectivity index (χ1v) is 13.0. The Morgan fingerprint density at radius 3 is 2.68 bits per heavy atom. The van der Waals surface area contributed by atoms with Crippen molar-refractivity contribution in [3.05, 3.63) is 47.2 Å². The summed E-state index contributed by atoms with van der Waals surface area (Å²) in [5, 5.41) is 17.1. The molecule has 5 rings (SSSR count). The molecule has 0 bridgehead atoms. The van der Waals surface area contributed by atoms with Gasteiger partial charge in [-0.05, 0) is 32.0 Å². The van der Waals surface area contributed by atoms with Crippen molar-refractivity contribution >= 4 is 34.7 Å². The van der Waals surface area contributed by atoms with Gasteiger partial charge in [0, 0.05) is 73.8 Å². The van der Waals surface area contributed by atoms with Gasteiger partial charge >= 0.3 is 0 Å². The van der Waals surface area contributed by atoms with Gasteiger partial charge in [0.25, 0.3) is 0 Å². The topological polar surface area (TPSA) is 98.7 Å². The lowest BCUT2D eigenvalue weighted by atomic mass is 9.85. The van der Waals surface area contributed by atoms with Crippen LogP contribution in [0.4, 0.5) is 23.1 Å². The number of ether oxygens (including phenoxy) is 1. The lowest BCUT2D eigenvalue weighted by Crippen LogP contribution is -2.49. The van der Waals surface area contributed by atoms with E-state index in [1.54, 1.807) is 19.5 Å². The van der Waals surface area contributed by atoms with E-state index < -0.39 is 0 Å². The zero-order chi connectivity index (χ0) is 26.2. The SMILES string of the molecule is COc1cc(N2CCN(C(C)C)CC2)c(Cl)cc1Nc1nccc(-c2cnc3c(c2)C(C)(CO)CN3)n1. The van der Waals surface area contributed by atoms with Crippen LogP contribution >= 0.6 is 11.6 Å². The quantitative estimate of drug-likeness (QED) is 0.421. The van der Waals surface area contributed by atoms with Crippen molar-refractivity contribution in [2.75, 3.05) is 62.0 Å². The average molecular weight is 524 g/mol. The number of nitrogens with one attached hydrogen (secondary N) is 2. The van der Waals surface area contributed by atoms with Crippen molar-refractivity contribution < 1.29 is 9.84 Å². The lowest BCUT2D eigenvalue weighted by Gasteiger charge is -2.38. The number of hydrogen-bond acceptors (Lipinski definition) is 9. The second-order valence-corrected chi connectivity index (χ2v) is 10.6. The number of anilines is 4. The molecule has 3 N–H and O–H groups in total. The van der Waals surface area contributed by atoms with Gasteiger partial charge in [-0.1, -0.05) is 18.5 Å². The van der Waals surface area contributed by atoms with E-state index in [1.165, 1.54) is 0 Å². The number of methoxy groups -OCH3 is 1. The van der Waals surface area contributed by atoms with E-state index in [4.69, 9.17) is 21.3 Å². The smallest absolute Gasteiger partial charge is 0.227 e. The van der Waals surface area contributed by atoms with Crippen molar-refractivity contribution in [3.8, 4) is 17.0 Å². The summed E-state index contributed by atoms with van der Waals surface area (Å²) in [6, 6.07) is 8.27. The molecule has 1 unspecified atom stereocenters. The molecule has 196 valence electrons. The third-order valence-electron chi connectivity index (χ3n) is 7.38. The maximum Gasteiger partial charge on any atom is 0.227 e. The fourth-order valence-electron chi connectivity index (χ4n) is 4.95. The Labute approximate surface area is 222 Å². The summed E-state index contributed by atoms with van der Waals surface area (Å²) in [5.41, 5.74) is 3.85. The Hall–Kier alpha value is -3.14. The third kappa shape index (κ3) is 5.03. The van der Waals surface area contributed by atoms with Gasteiger partial charge in [0.2, 0.25) is 5.95 Å². The van der Waals surface area contributed by atoms with Gasteiger partial charge in [0.05, 0.1) is 35.8 Å². The molecule has 1 fully saturated rings. The Balaban J connectivity index is 1.38. The molecule has 0 amide bonds. The summed E-state index contributed by atoms with van der Waals surface area (Å²) < 4.78 is 5.71. The summed E-state index contributed by atoms with van der Waals surface area (Å²) in [6.07, 6.45) is 3.49. The van der Waals surface area contributed by atoms with Gasteiger partial charge < -0.3 is 25.4 Å². The van der Waals surface area contributed by atoms with Crippen molar-refractivity contribution in [2.24, 2.45) is 0 Å². The van der Waals surface area contributed by atoms with Crippen LogP contribution in [0.2, 0.25) is 5.02 Å². The van der Waals surface area contributed by atoms with Gasteiger partial charge in [0.15, 0.2) is 0 Å². The van der Waals surface area contributed by atoms with Gasteiger partial charge in [0.1, 0.15) is 11.6 Å². The number of aromatic nitrogens is 3. The minimum Gasteiger partial charge on any atom is -0.494 e. The van der Waals surface area contributed by atoms with Crippen LogP contribution in [-0.4, -0.2) is 77.4 Å². The number of hydrogen-bond donors (Lipinski definition) is 3. The molecule has 2 aliphatic heterocycles. The van der Waals surface area contributed by atoms with Crippen LogP contribution in [0.5, 0.6) is 5.75 Å². The highest BCUT2D eigenvalue weighted by Crippen LogP contribution is 2.39. The van der Waals surface area contributed by atoms with E-state index in [2.05, 4.69) is 44.2 Å². The van der Waals surface area contributed by atoms with E-state index in [0.717, 1.165) is 54.5 Å². The lowest BCUT2D eigenvalue weighted by molar-refractivity contribution is 0.209. The zero-order valence-corrected chi connectivity index (χ0v) is 22.5. The highest BCUT2D eigenvalue weighted by molar-refractivity contribution is 6.33. The van der Waals surface area contributed by atoms with Gasteiger partial charge in [-0.3, -0.25) is 4.90 Å². The molecule has 0 radical (unpaired) electrons. The molecule has 9 nitrogen and oxygen atoms in total. The van der Waals surface area contributed by atoms with Crippen LogP contribution in [-0.2, 0) is 5.41 Å². The van der Waals surface area contributed by atoms with Gasteiger partial charge in [-0.25, -0.2) is 15.0 Å². The van der Waals surface area contributed by atoms with Crippen LogP contribution in [0, 0.1) is 0 Å². The first kappa shape index (κ1) is 25.5. The number of rotatable bonds is 7. The summed E-state index contributed by atoms with van der Waals surface area (Å²) in [4.78, 5) is 18.5. The second-order valence-electron chi connectivity index (χ2n) is 10.2. The predicted octanol–water partition coefficient (Wildman–Crippen LogP) is 4.15. The summed E-state index contributed by atoms with van der Waals surface area (Å²) >= 11 is 6.75. The van der Waals surface area contributed by atoms with E-state index in [1.807, 2.05) is 31.2 Å². The Bertz CT molecular complexity index is 1280. The van der Waals surface area contributed by atoms with Crippen LogP contribution in [0.1, 0.15) is 26.3 Å². The Morgan fingerprint density at radius 2 is 1.97 bits per heavy atom. The molecule has 2 aromatic heterocycles. The summed E-state index contributed by atoms with van der Waals surface area (Å²) in [7, 11) is 1.65. The molecule has 0 saturated carbocycles. The predicted molar refractivity (Wildman–Crippen MR) is 148 cm³/mol. The average Bonchev–Trinajstić information content (AvgIpc) is 3.25. The van der Waals surface area contributed by atoms with Crippen LogP contribution in [0.15, 0.2) is 36.7 Å². The van der Waals surface area contributed by atoms with E-state index >= 15 is 0 Å². The molecule has 3 aromatic rings. The van der Waals surface area contributed by atoms with Crippen molar-refractivity contribution in [1.29, 1.82) is 0 Å². The molecule has 4 heterocycles. The highest BCUT2D eigenvalue weighted by atomic mass is 35.5. The maximum atomic E-state index is 9.92. The molecular weight excluding hydrogens is 490 g/mol. The van der Waals surface area contributed by atoms with E-state index in [-0.39, 0.29) is 12.0 Å². The molecular formula is C27H34ClN7O2. The largest absolute Gasteiger partial charge is 0.494 e. The fourth-order valence-corrected chi connectivity index (χ4v) is 5.24. The standard InChI is InChI=1S/C27H34ClN7O2/c1-17(2)34-7-9-35(10-8-34)23-13-24(37-4)22(12-20(23)28)33-26-29-6-5-21(32-26)18-11-19-25(30-14-18)31-15-27(19,3)16-36/h5-6,11-14,17,36H,7-10,15-16H2,1-4H3,(H,30,31)(H,29,32,33). The van der Waals surface area contributed by atoms with Crippen LogP contribution in [0.25, 0.3) is 11.3 Å². The first-order chi connectivity index (χ1) is 17.8. The van der Waals surface area contributed by atoms with Crippen molar-refractivity contribution in [3.63, 3.8) is 0 Å². The van der Waals surface area contributed by atoms with Crippen molar-refractivity contribution in [2.45, 2.75) is 32.2 Å². The molecule has 0 aliphatic carbocycles. The number of piperazine rings is 1. The highest BCUT2D eigenvalue weighted by Gasteiger charge is 2.35. The third-order valence-corrected chi connectivity index (χ3v) is 7.69. The molecule has 1 atom stereocenters. The monoisotopic (exact) mass is 523 g/mol.